The van der Waals surface area contributed by atoms with Crippen molar-refractivity contribution in [2.75, 3.05) is 5.32 Å². The van der Waals surface area contributed by atoms with Crippen LogP contribution in [-0.2, 0) is 17.8 Å². The zero-order valence-corrected chi connectivity index (χ0v) is 18.3. The summed E-state index contributed by atoms with van der Waals surface area (Å²) >= 11 is 2.92. The lowest BCUT2D eigenvalue weighted by Gasteiger charge is -2.04. The Morgan fingerprint density at radius 3 is 2.60 bits per heavy atom. The smallest absolute Gasteiger partial charge is 0.232 e. The lowest BCUT2D eigenvalue weighted by molar-refractivity contribution is -0.115. The number of carbonyl (C=O) groups is 1. The molecular weight excluding hydrogens is 414 g/mol. The number of nitrogens with zero attached hydrogens (tertiary/aromatic N) is 2. The van der Waals surface area contributed by atoms with Gasteiger partial charge in [0.25, 0.3) is 0 Å². The standard InChI is InChI=1S/C23H21N3O2S2/c1-15-7-9-18(10-8-15)28-12-22-24-17(13-29-22)11-21(27)26-23-25-20(14-30-23)19-6-4-3-5-16(19)2/h3-10,13-14H,11-12H2,1-2H3,(H,25,26,27). The Hall–Kier alpha value is -3.03. The van der Waals surface area contributed by atoms with Crippen LogP contribution in [0.25, 0.3) is 11.3 Å². The average Bonchev–Trinajstić information content (AvgIpc) is 3.37. The summed E-state index contributed by atoms with van der Waals surface area (Å²) in [7, 11) is 0. The van der Waals surface area contributed by atoms with Gasteiger partial charge in [-0.1, -0.05) is 42.0 Å². The molecular formula is C23H21N3O2S2. The number of aryl methyl sites for hydroxylation is 2. The highest BCUT2D eigenvalue weighted by Crippen LogP contribution is 2.27. The molecule has 0 saturated heterocycles. The van der Waals surface area contributed by atoms with E-state index in [0.29, 0.717) is 11.7 Å². The van der Waals surface area contributed by atoms with Crippen LogP contribution >= 0.6 is 22.7 Å². The van der Waals surface area contributed by atoms with Crippen molar-refractivity contribution in [3.8, 4) is 17.0 Å². The maximum absolute atomic E-state index is 12.4. The van der Waals surface area contributed by atoms with E-state index in [9.17, 15) is 4.79 Å². The fraction of sp³-hybridized carbons (Fsp3) is 0.174. The van der Waals surface area contributed by atoms with Crippen molar-refractivity contribution in [3.05, 3.63) is 81.1 Å². The minimum atomic E-state index is -0.128. The van der Waals surface area contributed by atoms with Crippen LogP contribution in [0.15, 0.2) is 59.3 Å². The van der Waals surface area contributed by atoms with E-state index in [0.717, 1.165) is 33.3 Å². The van der Waals surface area contributed by atoms with Crippen molar-refractivity contribution in [2.45, 2.75) is 26.9 Å². The van der Waals surface area contributed by atoms with Crippen LogP contribution in [-0.4, -0.2) is 15.9 Å². The average molecular weight is 436 g/mol. The quantitative estimate of drug-likeness (QED) is 0.408. The number of amides is 1. The second-order valence-electron chi connectivity index (χ2n) is 6.91. The van der Waals surface area contributed by atoms with Crippen LogP contribution in [0.5, 0.6) is 5.75 Å². The summed E-state index contributed by atoms with van der Waals surface area (Å²) in [4.78, 5) is 21.5. The second-order valence-corrected chi connectivity index (χ2v) is 8.71. The molecule has 5 nitrogen and oxygen atoms in total. The molecule has 0 aliphatic carbocycles. The Kier molecular flexibility index (Phi) is 6.21. The van der Waals surface area contributed by atoms with Crippen LogP contribution < -0.4 is 10.1 Å². The summed E-state index contributed by atoms with van der Waals surface area (Å²) in [6.07, 6.45) is 0.209. The largest absolute Gasteiger partial charge is 0.486 e. The van der Waals surface area contributed by atoms with Gasteiger partial charge in [0.05, 0.1) is 17.8 Å². The first-order valence-corrected chi connectivity index (χ1v) is 11.3. The van der Waals surface area contributed by atoms with Gasteiger partial charge in [0.15, 0.2) is 5.13 Å². The van der Waals surface area contributed by atoms with Crippen LogP contribution in [0.4, 0.5) is 5.13 Å². The van der Waals surface area contributed by atoms with Gasteiger partial charge < -0.3 is 10.1 Å². The summed E-state index contributed by atoms with van der Waals surface area (Å²) in [5, 5.41) is 8.17. The molecule has 30 heavy (non-hydrogen) atoms. The minimum Gasteiger partial charge on any atom is -0.486 e. The maximum Gasteiger partial charge on any atom is 0.232 e. The van der Waals surface area contributed by atoms with E-state index in [-0.39, 0.29) is 12.3 Å². The van der Waals surface area contributed by atoms with Gasteiger partial charge in [-0.25, -0.2) is 9.97 Å². The molecule has 0 aliphatic heterocycles. The molecule has 0 spiro atoms. The Labute approximate surface area is 183 Å². The van der Waals surface area contributed by atoms with E-state index >= 15 is 0 Å². The Bertz CT molecular complexity index is 1150. The minimum absolute atomic E-state index is 0.128. The topological polar surface area (TPSA) is 64.1 Å². The lowest BCUT2D eigenvalue weighted by Crippen LogP contribution is -2.14. The molecule has 0 bridgehead atoms. The Morgan fingerprint density at radius 2 is 1.80 bits per heavy atom. The molecule has 1 N–H and O–H groups in total. The molecule has 4 rings (SSSR count). The number of carbonyl (C=O) groups excluding carboxylic acids is 1. The first-order valence-electron chi connectivity index (χ1n) is 9.51. The summed E-state index contributed by atoms with van der Waals surface area (Å²) < 4.78 is 5.75. The molecule has 0 radical (unpaired) electrons. The number of aromatic nitrogens is 2. The van der Waals surface area contributed by atoms with E-state index in [4.69, 9.17) is 4.74 Å². The number of hydrogen-bond donors (Lipinski definition) is 1. The van der Waals surface area contributed by atoms with E-state index < -0.39 is 0 Å². The molecule has 2 heterocycles. The molecule has 1 amide bonds. The Morgan fingerprint density at radius 1 is 1.00 bits per heavy atom. The third kappa shape index (κ3) is 5.11. The third-order valence-electron chi connectivity index (χ3n) is 4.50. The van der Waals surface area contributed by atoms with Gasteiger partial charge in [-0.2, -0.15) is 0 Å². The van der Waals surface area contributed by atoms with Crippen molar-refractivity contribution in [1.82, 2.24) is 9.97 Å². The predicted molar refractivity (Wildman–Crippen MR) is 122 cm³/mol. The first-order chi connectivity index (χ1) is 14.6. The van der Waals surface area contributed by atoms with Crippen LogP contribution in [0.3, 0.4) is 0 Å². The van der Waals surface area contributed by atoms with Crippen LogP contribution in [0.1, 0.15) is 21.8 Å². The molecule has 4 aromatic rings. The lowest BCUT2D eigenvalue weighted by atomic mass is 10.1. The van der Waals surface area contributed by atoms with Crippen molar-refractivity contribution >= 4 is 33.7 Å². The number of anilines is 1. The SMILES string of the molecule is Cc1ccc(OCc2nc(CC(=O)Nc3nc(-c4ccccc4C)cs3)cs2)cc1. The number of hydrogen-bond acceptors (Lipinski definition) is 6. The number of rotatable bonds is 7. The molecule has 0 saturated carbocycles. The summed E-state index contributed by atoms with van der Waals surface area (Å²) in [6, 6.07) is 16.0. The zero-order valence-electron chi connectivity index (χ0n) is 16.7. The van der Waals surface area contributed by atoms with Gasteiger partial charge in [-0.3, -0.25) is 4.79 Å². The van der Waals surface area contributed by atoms with Crippen LogP contribution in [0.2, 0.25) is 0 Å². The molecule has 0 atom stereocenters. The monoisotopic (exact) mass is 435 g/mol. The second kappa shape index (κ2) is 9.19. The van der Waals surface area contributed by atoms with E-state index in [1.54, 1.807) is 0 Å². The van der Waals surface area contributed by atoms with Crippen LogP contribution in [0, 0.1) is 13.8 Å². The highest BCUT2D eigenvalue weighted by Gasteiger charge is 2.12. The van der Waals surface area contributed by atoms with Crippen molar-refractivity contribution < 1.29 is 9.53 Å². The fourth-order valence-corrected chi connectivity index (χ4v) is 4.35. The van der Waals surface area contributed by atoms with E-state index in [1.807, 2.05) is 60.1 Å². The summed E-state index contributed by atoms with van der Waals surface area (Å²) in [6.45, 7) is 4.48. The molecule has 0 fully saturated rings. The molecule has 0 unspecified atom stereocenters. The number of benzene rings is 2. The predicted octanol–water partition coefficient (Wildman–Crippen LogP) is 5.64. The van der Waals surface area contributed by atoms with Gasteiger partial charge in [-0.05, 0) is 31.5 Å². The van der Waals surface area contributed by atoms with Gasteiger partial charge >= 0.3 is 0 Å². The fourth-order valence-electron chi connectivity index (χ4n) is 2.92. The van der Waals surface area contributed by atoms with Crippen molar-refractivity contribution in [2.24, 2.45) is 0 Å². The third-order valence-corrected chi connectivity index (χ3v) is 6.12. The normalized spacial score (nSPS) is 10.7. The molecule has 2 aromatic heterocycles. The van der Waals surface area contributed by atoms with E-state index in [2.05, 4.69) is 28.3 Å². The van der Waals surface area contributed by atoms with Gasteiger partial charge in [-0.15, -0.1) is 22.7 Å². The summed E-state index contributed by atoms with van der Waals surface area (Å²) in [5.41, 5.74) is 5.03. The van der Waals surface area contributed by atoms with Crippen molar-refractivity contribution in [1.29, 1.82) is 0 Å². The van der Waals surface area contributed by atoms with Gasteiger partial charge in [0.2, 0.25) is 5.91 Å². The van der Waals surface area contributed by atoms with Gasteiger partial charge in [0.1, 0.15) is 17.4 Å². The van der Waals surface area contributed by atoms with E-state index in [1.165, 1.54) is 28.2 Å². The Balaban J connectivity index is 1.31. The molecule has 7 heteroatoms. The number of ether oxygens (including phenoxy) is 1. The first kappa shape index (κ1) is 20.3. The molecule has 0 aliphatic rings. The zero-order chi connectivity index (χ0) is 20.9. The summed E-state index contributed by atoms with van der Waals surface area (Å²) in [5.74, 6) is 0.681. The maximum atomic E-state index is 12.4. The molecule has 2 aromatic carbocycles. The highest BCUT2D eigenvalue weighted by atomic mass is 32.1. The number of thiazole rings is 2. The number of nitrogens with one attached hydrogen (secondary N) is 1. The van der Waals surface area contributed by atoms with Crippen molar-refractivity contribution in [3.63, 3.8) is 0 Å². The highest BCUT2D eigenvalue weighted by molar-refractivity contribution is 7.14. The van der Waals surface area contributed by atoms with Gasteiger partial charge in [0, 0.05) is 16.3 Å². The molecule has 152 valence electrons.